The summed E-state index contributed by atoms with van der Waals surface area (Å²) in [4.78, 5) is 16.6. The summed E-state index contributed by atoms with van der Waals surface area (Å²) in [7, 11) is 3.94. The van der Waals surface area contributed by atoms with Gasteiger partial charge in [-0.3, -0.25) is 14.4 Å². The van der Waals surface area contributed by atoms with E-state index in [2.05, 4.69) is 27.3 Å². The Hall–Kier alpha value is -1.44. The van der Waals surface area contributed by atoms with Crippen LogP contribution in [0, 0.1) is 0 Å². The highest BCUT2D eigenvalue weighted by molar-refractivity contribution is 5.82. The van der Waals surface area contributed by atoms with Crippen LogP contribution in [0.3, 0.4) is 0 Å². The Balaban J connectivity index is 1.70. The molecule has 0 radical (unpaired) electrons. The molecule has 7 heteroatoms. The molecule has 0 spiro atoms. The molecule has 1 atom stereocenters. The Bertz CT molecular complexity index is 438. The van der Waals surface area contributed by atoms with Gasteiger partial charge in [0.1, 0.15) is 6.04 Å². The van der Waals surface area contributed by atoms with Gasteiger partial charge < -0.3 is 16.0 Å². The summed E-state index contributed by atoms with van der Waals surface area (Å²) in [6, 6.07) is -0.642. The average molecular weight is 280 g/mol. The molecule has 1 aromatic rings. The predicted octanol–water partition coefficient (Wildman–Crippen LogP) is -1.22. The van der Waals surface area contributed by atoms with Crippen molar-refractivity contribution in [3.05, 3.63) is 18.0 Å². The van der Waals surface area contributed by atoms with Crippen LogP contribution in [-0.2, 0) is 11.8 Å². The third-order valence-corrected chi connectivity index (χ3v) is 3.69. The van der Waals surface area contributed by atoms with E-state index in [-0.39, 0.29) is 5.91 Å². The molecule has 1 aliphatic heterocycles. The van der Waals surface area contributed by atoms with Crippen LogP contribution >= 0.6 is 0 Å². The summed E-state index contributed by atoms with van der Waals surface area (Å²) in [5.41, 5.74) is 6.64. The first kappa shape index (κ1) is 15.0. The molecule has 2 heterocycles. The van der Waals surface area contributed by atoms with Gasteiger partial charge in [-0.1, -0.05) is 0 Å². The molecule has 20 heavy (non-hydrogen) atoms. The number of aryl methyl sites for hydroxylation is 1. The van der Waals surface area contributed by atoms with Crippen LogP contribution in [-0.4, -0.2) is 71.8 Å². The van der Waals surface area contributed by atoms with Crippen LogP contribution in [0.15, 0.2) is 12.4 Å². The lowest BCUT2D eigenvalue weighted by atomic mass is 10.1. The lowest BCUT2D eigenvalue weighted by Crippen LogP contribution is -2.47. The van der Waals surface area contributed by atoms with Crippen molar-refractivity contribution >= 4 is 5.91 Å². The SMILES string of the molecule is CN1CCN(CCNC(=O)C(N)c2cnn(C)c2)CC1. The summed E-state index contributed by atoms with van der Waals surface area (Å²) in [6.45, 7) is 5.80. The number of amides is 1. The van der Waals surface area contributed by atoms with Crippen LogP contribution in [0.25, 0.3) is 0 Å². The standard InChI is InChI=1S/C13H24N6O/c1-17-5-7-19(8-6-17)4-3-15-13(20)12(14)11-9-16-18(2)10-11/h9-10,12H,3-8,14H2,1-2H3,(H,15,20). The van der Waals surface area contributed by atoms with E-state index >= 15 is 0 Å². The Labute approximate surface area is 119 Å². The zero-order chi connectivity index (χ0) is 14.5. The quantitative estimate of drug-likeness (QED) is 0.707. The van der Waals surface area contributed by atoms with Crippen molar-refractivity contribution in [2.75, 3.05) is 46.3 Å². The van der Waals surface area contributed by atoms with Gasteiger partial charge in [-0.15, -0.1) is 0 Å². The maximum Gasteiger partial charge on any atom is 0.241 e. The van der Waals surface area contributed by atoms with E-state index in [1.165, 1.54) is 0 Å². The highest BCUT2D eigenvalue weighted by atomic mass is 16.2. The second-order valence-corrected chi connectivity index (χ2v) is 5.36. The number of carbonyl (C=O) groups is 1. The zero-order valence-electron chi connectivity index (χ0n) is 12.2. The van der Waals surface area contributed by atoms with Crippen molar-refractivity contribution in [2.24, 2.45) is 12.8 Å². The van der Waals surface area contributed by atoms with Gasteiger partial charge in [0.05, 0.1) is 6.20 Å². The molecule has 0 saturated carbocycles. The molecule has 1 unspecified atom stereocenters. The Morgan fingerprint density at radius 1 is 1.40 bits per heavy atom. The van der Waals surface area contributed by atoms with Crippen molar-refractivity contribution in [3.63, 3.8) is 0 Å². The first-order valence-electron chi connectivity index (χ1n) is 6.99. The molecule has 1 aliphatic rings. The first-order chi connectivity index (χ1) is 9.56. The molecule has 1 saturated heterocycles. The van der Waals surface area contributed by atoms with Crippen molar-refractivity contribution in [1.82, 2.24) is 24.9 Å². The predicted molar refractivity (Wildman–Crippen MR) is 77.1 cm³/mol. The summed E-state index contributed by atoms with van der Waals surface area (Å²) >= 11 is 0. The van der Waals surface area contributed by atoms with Crippen molar-refractivity contribution in [2.45, 2.75) is 6.04 Å². The van der Waals surface area contributed by atoms with Crippen molar-refractivity contribution in [3.8, 4) is 0 Å². The van der Waals surface area contributed by atoms with E-state index in [0.29, 0.717) is 6.54 Å². The number of nitrogens with one attached hydrogen (secondary N) is 1. The van der Waals surface area contributed by atoms with Crippen LogP contribution in [0.2, 0.25) is 0 Å². The van der Waals surface area contributed by atoms with Crippen LogP contribution in [0.1, 0.15) is 11.6 Å². The molecule has 0 bridgehead atoms. The number of aromatic nitrogens is 2. The van der Waals surface area contributed by atoms with Gasteiger partial charge in [0.25, 0.3) is 0 Å². The summed E-state index contributed by atoms with van der Waals surface area (Å²) in [5.74, 6) is -0.146. The minimum atomic E-state index is -0.642. The fourth-order valence-electron chi connectivity index (χ4n) is 2.27. The van der Waals surface area contributed by atoms with Gasteiger partial charge in [-0.25, -0.2) is 0 Å². The maximum absolute atomic E-state index is 11.9. The maximum atomic E-state index is 11.9. The molecule has 0 aliphatic carbocycles. The summed E-state index contributed by atoms with van der Waals surface area (Å²) in [5, 5.41) is 6.92. The third-order valence-electron chi connectivity index (χ3n) is 3.69. The van der Waals surface area contributed by atoms with Gasteiger partial charge in [0.15, 0.2) is 0 Å². The van der Waals surface area contributed by atoms with E-state index in [4.69, 9.17) is 5.73 Å². The molecule has 2 rings (SSSR count). The van der Waals surface area contributed by atoms with E-state index in [1.807, 2.05) is 7.05 Å². The van der Waals surface area contributed by atoms with E-state index in [1.54, 1.807) is 17.1 Å². The van der Waals surface area contributed by atoms with Gasteiger partial charge in [-0.05, 0) is 7.05 Å². The second kappa shape index (κ2) is 6.83. The number of nitrogens with two attached hydrogens (primary N) is 1. The number of hydrogen-bond donors (Lipinski definition) is 2. The highest BCUT2D eigenvalue weighted by Crippen LogP contribution is 2.08. The number of nitrogens with zero attached hydrogens (tertiary/aromatic N) is 4. The lowest BCUT2D eigenvalue weighted by Gasteiger charge is -2.32. The number of rotatable bonds is 5. The van der Waals surface area contributed by atoms with Crippen LogP contribution in [0.5, 0.6) is 0 Å². The number of hydrogen-bond acceptors (Lipinski definition) is 5. The molecule has 1 aromatic heterocycles. The third kappa shape index (κ3) is 4.03. The lowest BCUT2D eigenvalue weighted by molar-refractivity contribution is -0.122. The van der Waals surface area contributed by atoms with Crippen molar-refractivity contribution in [1.29, 1.82) is 0 Å². The zero-order valence-corrected chi connectivity index (χ0v) is 12.2. The van der Waals surface area contributed by atoms with Crippen LogP contribution < -0.4 is 11.1 Å². The van der Waals surface area contributed by atoms with Gasteiger partial charge in [0.2, 0.25) is 5.91 Å². The van der Waals surface area contributed by atoms with E-state index in [0.717, 1.165) is 38.3 Å². The number of piperazine rings is 1. The van der Waals surface area contributed by atoms with Gasteiger partial charge >= 0.3 is 0 Å². The first-order valence-corrected chi connectivity index (χ1v) is 6.99. The smallest absolute Gasteiger partial charge is 0.241 e. The average Bonchev–Trinajstić information content (AvgIpc) is 2.86. The Morgan fingerprint density at radius 2 is 2.10 bits per heavy atom. The molecule has 7 nitrogen and oxygen atoms in total. The number of likely N-dealkylation sites (N-methyl/N-ethyl adjacent to an activating group) is 1. The largest absolute Gasteiger partial charge is 0.353 e. The van der Waals surface area contributed by atoms with Crippen molar-refractivity contribution < 1.29 is 4.79 Å². The Morgan fingerprint density at radius 3 is 2.70 bits per heavy atom. The normalized spacial score (nSPS) is 18.9. The van der Waals surface area contributed by atoms with Gasteiger partial charge in [0, 0.05) is 58.1 Å². The molecule has 0 aromatic carbocycles. The topological polar surface area (TPSA) is 79.4 Å². The van der Waals surface area contributed by atoms with E-state index in [9.17, 15) is 4.79 Å². The van der Waals surface area contributed by atoms with Gasteiger partial charge in [-0.2, -0.15) is 5.10 Å². The monoisotopic (exact) mass is 280 g/mol. The molecular formula is C13H24N6O. The summed E-state index contributed by atoms with van der Waals surface area (Å²) < 4.78 is 1.65. The molecular weight excluding hydrogens is 256 g/mol. The van der Waals surface area contributed by atoms with Crippen LogP contribution in [0.4, 0.5) is 0 Å². The minimum absolute atomic E-state index is 0.146. The van der Waals surface area contributed by atoms with E-state index < -0.39 is 6.04 Å². The fraction of sp³-hybridized carbons (Fsp3) is 0.692. The fourth-order valence-corrected chi connectivity index (χ4v) is 2.27. The Kier molecular flexibility index (Phi) is 5.11. The number of carbonyl (C=O) groups excluding carboxylic acids is 1. The molecule has 1 fully saturated rings. The highest BCUT2D eigenvalue weighted by Gasteiger charge is 2.18. The minimum Gasteiger partial charge on any atom is -0.353 e. The summed E-state index contributed by atoms with van der Waals surface area (Å²) in [6.07, 6.45) is 3.40. The molecule has 3 N–H and O–H groups in total. The molecule has 112 valence electrons. The molecule has 1 amide bonds. The second-order valence-electron chi connectivity index (χ2n) is 5.36.